The van der Waals surface area contributed by atoms with E-state index in [1.54, 1.807) is 0 Å². The summed E-state index contributed by atoms with van der Waals surface area (Å²) in [6.07, 6.45) is 5.14. The fourth-order valence-corrected chi connectivity index (χ4v) is 4.05. The van der Waals surface area contributed by atoms with Gasteiger partial charge in [-0.3, -0.25) is 14.5 Å². The van der Waals surface area contributed by atoms with E-state index < -0.39 is 0 Å². The molecule has 0 unspecified atom stereocenters. The van der Waals surface area contributed by atoms with Crippen LogP contribution in [0.2, 0.25) is 0 Å². The van der Waals surface area contributed by atoms with Gasteiger partial charge in [-0.15, -0.1) is 0 Å². The third kappa shape index (κ3) is 4.47. The van der Waals surface area contributed by atoms with Crippen LogP contribution in [0.15, 0.2) is 24.3 Å². The van der Waals surface area contributed by atoms with E-state index in [0.29, 0.717) is 24.3 Å². The number of rotatable bonds is 7. The lowest BCUT2D eigenvalue weighted by Crippen LogP contribution is -2.50. The number of aromatic amines is 1. The predicted octanol–water partition coefficient (Wildman–Crippen LogP) is 3.30. The Kier molecular flexibility index (Phi) is 6.11. The standard InChI is InChI=1S/C20H29N5OS/c1-15-6-8-16(9-7-15)18-22-23-19(27)25(18)13-10-17(26)21-14-20(24(2)3)11-4-5-12-20/h6-9H,4-5,10-14H2,1-3H3,(H,21,26)(H,23,27). The monoisotopic (exact) mass is 387 g/mol. The average molecular weight is 388 g/mol. The van der Waals surface area contributed by atoms with Crippen LogP contribution < -0.4 is 5.32 Å². The molecule has 7 heteroatoms. The van der Waals surface area contributed by atoms with E-state index >= 15 is 0 Å². The van der Waals surface area contributed by atoms with Gasteiger partial charge in [-0.05, 0) is 46.1 Å². The normalized spacial score (nSPS) is 16.0. The first-order valence-electron chi connectivity index (χ1n) is 9.58. The topological polar surface area (TPSA) is 66.0 Å². The van der Waals surface area contributed by atoms with Crippen molar-refractivity contribution < 1.29 is 4.79 Å². The lowest BCUT2D eigenvalue weighted by molar-refractivity contribution is -0.121. The number of nitrogens with zero attached hydrogens (tertiary/aromatic N) is 3. The molecule has 0 spiro atoms. The summed E-state index contributed by atoms with van der Waals surface area (Å²) in [5, 5.41) is 10.3. The Bertz CT molecular complexity index is 831. The first-order chi connectivity index (χ1) is 12.9. The highest BCUT2D eigenvalue weighted by Gasteiger charge is 2.36. The molecule has 146 valence electrons. The van der Waals surface area contributed by atoms with E-state index in [9.17, 15) is 4.79 Å². The molecular formula is C20H29N5OS. The Hall–Kier alpha value is -1.99. The molecule has 0 aliphatic heterocycles. The molecule has 0 radical (unpaired) electrons. The van der Waals surface area contributed by atoms with Gasteiger partial charge in [-0.1, -0.05) is 42.7 Å². The highest BCUT2D eigenvalue weighted by Crippen LogP contribution is 2.33. The number of carbonyl (C=O) groups excluding carboxylic acids is 1. The quantitative estimate of drug-likeness (QED) is 0.716. The van der Waals surface area contributed by atoms with E-state index in [1.807, 2.05) is 28.8 Å². The lowest BCUT2D eigenvalue weighted by Gasteiger charge is -2.36. The Balaban J connectivity index is 1.62. The highest BCUT2D eigenvalue weighted by molar-refractivity contribution is 7.71. The summed E-state index contributed by atoms with van der Waals surface area (Å²) >= 11 is 5.36. The Morgan fingerprint density at radius 3 is 2.59 bits per heavy atom. The second-order valence-electron chi connectivity index (χ2n) is 7.72. The SMILES string of the molecule is Cc1ccc(-c2n[nH]c(=S)n2CCC(=O)NCC2(N(C)C)CCCC2)cc1. The van der Waals surface area contributed by atoms with Crippen molar-refractivity contribution in [1.29, 1.82) is 0 Å². The van der Waals surface area contributed by atoms with Crippen molar-refractivity contribution in [3.63, 3.8) is 0 Å². The molecule has 1 aliphatic carbocycles. The lowest BCUT2D eigenvalue weighted by atomic mass is 9.96. The molecule has 6 nitrogen and oxygen atoms in total. The van der Waals surface area contributed by atoms with Gasteiger partial charge in [-0.2, -0.15) is 5.10 Å². The molecule has 1 saturated carbocycles. The van der Waals surface area contributed by atoms with E-state index in [1.165, 1.54) is 18.4 Å². The van der Waals surface area contributed by atoms with Crippen molar-refractivity contribution in [1.82, 2.24) is 25.0 Å². The van der Waals surface area contributed by atoms with Gasteiger partial charge in [0.2, 0.25) is 5.91 Å². The van der Waals surface area contributed by atoms with Crippen LogP contribution in [0.4, 0.5) is 0 Å². The fourth-order valence-electron chi connectivity index (χ4n) is 3.83. The number of H-pyrrole nitrogens is 1. The van der Waals surface area contributed by atoms with E-state index in [4.69, 9.17) is 12.2 Å². The molecule has 0 saturated heterocycles. The molecule has 1 aromatic heterocycles. The van der Waals surface area contributed by atoms with Gasteiger partial charge in [0.15, 0.2) is 10.6 Å². The van der Waals surface area contributed by atoms with Gasteiger partial charge in [0.1, 0.15) is 0 Å². The van der Waals surface area contributed by atoms with E-state index in [2.05, 4.69) is 41.4 Å². The number of benzene rings is 1. The van der Waals surface area contributed by atoms with Crippen molar-refractivity contribution in [3.05, 3.63) is 34.6 Å². The third-order valence-corrected chi connectivity index (χ3v) is 6.04. The highest BCUT2D eigenvalue weighted by atomic mass is 32.1. The molecule has 2 aromatic rings. The van der Waals surface area contributed by atoms with Crippen LogP contribution in [0, 0.1) is 11.7 Å². The number of aromatic nitrogens is 3. The molecule has 3 rings (SSSR count). The number of likely N-dealkylation sites (N-methyl/N-ethyl adjacent to an activating group) is 1. The van der Waals surface area contributed by atoms with Crippen LogP contribution in [-0.4, -0.2) is 51.8 Å². The van der Waals surface area contributed by atoms with Gasteiger partial charge >= 0.3 is 0 Å². The molecule has 27 heavy (non-hydrogen) atoms. The zero-order valence-corrected chi connectivity index (χ0v) is 17.2. The first kappa shape index (κ1) is 19.8. The van der Waals surface area contributed by atoms with E-state index in [-0.39, 0.29) is 11.4 Å². The summed E-state index contributed by atoms with van der Waals surface area (Å²) in [5.41, 5.74) is 2.29. The summed E-state index contributed by atoms with van der Waals surface area (Å²) in [4.78, 5) is 14.7. The Morgan fingerprint density at radius 2 is 1.96 bits per heavy atom. The zero-order chi connectivity index (χ0) is 19.4. The maximum absolute atomic E-state index is 12.5. The van der Waals surface area contributed by atoms with Crippen LogP contribution in [-0.2, 0) is 11.3 Å². The smallest absolute Gasteiger partial charge is 0.221 e. The molecule has 1 amide bonds. The van der Waals surface area contributed by atoms with Gasteiger partial charge < -0.3 is 10.2 Å². The molecular weight excluding hydrogens is 358 g/mol. The van der Waals surface area contributed by atoms with Gasteiger partial charge in [0, 0.05) is 30.6 Å². The fraction of sp³-hybridized carbons (Fsp3) is 0.550. The molecule has 0 bridgehead atoms. The predicted molar refractivity (Wildman–Crippen MR) is 110 cm³/mol. The Labute approximate surface area is 166 Å². The number of hydrogen-bond donors (Lipinski definition) is 2. The maximum atomic E-state index is 12.5. The number of nitrogens with one attached hydrogen (secondary N) is 2. The summed E-state index contributed by atoms with van der Waals surface area (Å²) < 4.78 is 2.44. The maximum Gasteiger partial charge on any atom is 0.221 e. The van der Waals surface area contributed by atoms with E-state index in [0.717, 1.165) is 24.2 Å². The molecule has 1 aliphatic rings. The molecule has 0 atom stereocenters. The van der Waals surface area contributed by atoms with Crippen LogP contribution in [0.3, 0.4) is 0 Å². The minimum Gasteiger partial charge on any atom is -0.354 e. The first-order valence-corrected chi connectivity index (χ1v) is 9.98. The van der Waals surface area contributed by atoms with Crippen LogP contribution in [0.1, 0.15) is 37.7 Å². The van der Waals surface area contributed by atoms with Crippen molar-refractivity contribution >= 4 is 18.1 Å². The Morgan fingerprint density at radius 1 is 1.30 bits per heavy atom. The molecule has 1 fully saturated rings. The number of amides is 1. The summed E-state index contributed by atoms with van der Waals surface area (Å²) in [6.45, 7) is 3.27. The number of aryl methyl sites for hydroxylation is 1. The average Bonchev–Trinajstić information content (AvgIpc) is 3.27. The van der Waals surface area contributed by atoms with Crippen molar-refractivity contribution in [2.24, 2.45) is 0 Å². The van der Waals surface area contributed by atoms with Crippen molar-refractivity contribution in [3.8, 4) is 11.4 Å². The summed E-state index contributed by atoms with van der Waals surface area (Å²) in [6, 6.07) is 8.15. The zero-order valence-electron chi connectivity index (χ0n) is 16.4. The third-order valence-electron chi connectivity index (χ3n) is 5.73. The van der Waals surface area contributed by atoms with Gasteiger partial charge in [0.05, 0.1) is 0 Å². The molecule has 2 N–H and O–H groups in total. The van der Waals surface area contributed by atoms with Crippen LogP contribution in [0.25, 0.3) is 11.4 Å². The minimum atomic E-state index is 0.0566. The summed E-state index contributed by atoms with van der Waals surface area (Å²) in [7, 11) is 4.21. The second kappa shape index (κ2) is 8.35. The van der Waals surface area contributed by atoms with Crippen LogP contribution in [0.5, 0.6) is 0 Å². The second-order valence-corrected chi connectivity index (χ2v) is 8.11. The van der Waals surface area contributed by atoms with Crippen LogP contribution >= 0.6 is 12.2 Å². The van der Waals surface area contributed by atoms with Gasteiger partial charge in [0.25, 0.3) is 0 Å². The summed E-state index contributed by atoms with van der Waals surface area (Å²) in [5.74, 6) is 0.828. The molecule has 1 aromatic carbocycles. The van der Waals surface area contributed by atoms with Gasteiger partial charge in [-0.25, -0.2) is 0 Å². The minimum absolute atomic E-state index is 0.0566. The number of hydrogen-bond acceptors (Lipinski definition) is 4. The van der Waals surface area contributed by atoms with Crippen molar-refractivity contribution in [2.75, 3.05) is 20.6 Å². The van der Waals surface area contributed by atoms with Crippen molar-refractivity contribution in [2.45, 2.75) is 51.1 Å². The number of carbonyl (C=O) groups is 1. The molecule has 1 heterocycles. The largest absolute Gasteiger partial charge is 0.354 e.